The molecule has 0 aliphatic heterocycles. The van der Waals surface area contributed by atoms with Gasteiger partial charge >= 0.3 is 5.97 Å². The summed E-state index contributed by atoms with van der Waals surface area (Å²) in [5, 5.41) is 0. The zero-order chi connectivity index (χ0) is 13.1. The van der Waals surface area contributed by atoms with Crippen molar-refractivity contribution >= 4 is 5.97 Å². The summed E-state index contributed by atoms with van der Waals surface area (Å²) in [7, 11) is 1.37. The highest BCUT2D eigenvalue weighted by Gasteiger charge is 2.28. The van der Waals surface area contributed by atoms with E-state index in [2.05, 4.69) is 11.7 Å². The lowest BCUT2D eigenvalue weighted by atomic mass is 9.96. The lowest BCUT2D eigenvalue weighted by Gasteiger charge is -2.20. The van der Waals surface area contributed by atoms with E-state index in [0.717, 1.165) is 32.5 Å². The number of hydrogen-bond donors (Lipinski definition) is 1. The summed E-state index contributed by atoms with van der Waals surface area (Å²) >= 11 is 0. The number of unbranched alkanes of at least 4 members (excludes halogenated alkanes) is 3. The van der Waals surface area contributed by atoms with E-state index in [9.17, 15) is 4.79 Å². The van der Waals surface area contributed by atoms with Crippen molar-refractivity contribution in [3.63, 3.8) is 0 Å². The molecule has 102 valence electrons. The first-order valence-corrected chi connectivity index (χ1v) is 6.49. The molecule has 0 aliphatic rings. The fourth-order valence-corrected chi connectivity index (χ4v) is 1.59. The van der Waals surface area contributed by atoms with Crippen molar-refractivity contribution in [1.29, 1.82) is 0 Å². The fourth-order valence-electron chi connectivity index (χ4n) is 1.59. The molecule has 0 saturated carbocycles. The van der Waals surface area contributed by atoms with Gasteiger partial charge in [0.2, 0.25) is 0 Å². The standard InChI is InChI=1S/C13H27NO3/c1-4-5-7-10-17-11-8-6-9-13(2,14)12(15)16-3/h4-11,14H2,1-3H3. The number of carbonyl (C=O) groups excluding carboxylic acids is 1. The SMILES string of the molecule is CCCCCOCCCCC(C)(N)C(=O)OC. The molecule has 0 aromatic carbocycles. The van der Waals surface area contributed by atoms with Crippen molar-refractivity contribution in [2.75, 3.05) is 20.3 Å². The van der Waals surface area contributed by atoms with E-state index < -0.39 is 5.54 Å². The van der Waals surface area contributed by atoms with Crippen LogP contribution in [-0.4, -0.2) is 31.8 Å². The van der Waals surface area contributed by atoms with Crippen molar-refractivity contribution < 1.29 is 14.3 Å². The molecule has 0 rings (SSSR count). The number of ether oxygens (including phenoxy) is 2. The Kier molecular flexibility index (Phi) is 9.09. The normalized spacial score (nSPS) is 14.4. The van der Waals surface area contributed by atoms with E-state index in [1.165, 1.54) is 20.0 Å². The van der Waals surface area contributed by atoms with Crippen LogP contribution in [0, 0.1) is 0 Å². The third-order valence-corrected chi connectivity index (χ3v) is 2.78. The van der Waals surface area contributed by atoms with Crippen LogP contribution >= 0.6 is 0 Å². The van der Waals surface area contributed by atoms with Gasteiger partial charge in [0, 0.05) is 13.2 Å². The molecule has 0 aliphatic carbocycles. The smallest absolute Gasteiger partial charge is 0.325 e. The predicted molar refractivity (Wildman–Crippen MR) is 68.8 cm³/mol. The Balaban J connectivity index is 3.42. The Morgan fingerprint density at radius 3 is 2.29 bits per heavy atom. The Bertz CT molecular complexity index is 205. The second-order valence-electron chi connectivity index (χ2n) is 4.69. The van der Waals surface area contributed by atoms with Gasteiger partial charge in [-0.3, -0.25) is 4.79 Å². The fraction of sp³-hybridized carbons (Fsp3) is 0.923. The first kappa shape index (κ1) is 16.4. The van der Waals surface area contributed by atoms with Crippen LogP contribution < -0.4 is 5.73 Å². The Labute approximate surface area is 105 Å². The maximum Gasteiger partial charge on any atom is 0.325 e. The van der Waals surface area contributed by atoms with Crippen LogP contribution in [0.2, 0.25) is 0 Å². The quantitative estimate of drug-likeness (QED) is 0.473. The van der Waals surface area contributed by atoms with Crippen molar-refractivity contribution in [3.05, 3.63) is 0 Å². The van der Waals surface area contributed by atoms with Crippen LogP contribution in [0.15, 0.2) is 0 Å². The number of methoxy groups -OCH3 is 1. The summed E-state index contributed by atoms with van der Waals surface area (Å²) in [4.78, 5) is 11.3. The van der Waals surface area contributed by atoms with E-state index in [0.29, 0.717) is 6.42 Å². The minimum atomic E-state index is -0.864. The lowest BCUT2D eigenvalue weighted by molar-refractivity contribution is -0.146. The highest BCUT2D eigenvalue weighted by atomic mass is 16.5. The van der Waals surface area contributed by atoms with Crippen LogP contribution in [0.4, 0.5) is 0 Å². The molecule has 0 heterocycles. The number of nitrogens with two attached hydrogens (primary N) is 1. The van der Waals surface area contributed by atoms with Gasteiger partial charge in [-0.2, -0.15) is 0 Å². The van der Waals surface area contributed by atoms with Gasteiger partial charge in [-0.15, -0.1) is 0 Å². The largest absolute Gasteiger partial charge is 0.468 e. The minimum absolute atomic E-state index is 0.346. The van der Waals surface area contributed by atoms with Gasteiger partial charge in [0.05, 0.1) is 7.11 Å². The Hall–Kier alpha value is -0.610. The molecule has 4 heteroatoms. The molecule has 2 N–H and O–H groups in total. The zero-order valence-electron chi connectivity index (χ0n) is 11.5. The first-order valence-electron chi connectivity index (χ1n) is 6.49. The maximum atomic E-state index is 11.3. The highest BCUT2D eigenvalue weighted by Crippen LogP contribution is 2.12. The molecule has 17 heavy (non-hydrogen) atoms. The molecule has 0 saturated heterocycles. The van der Waals surface area contributed by atoms with Gasteiger partial charge in [-0.1, -0.05) is 19.8 Å². The Morgan fingerprint density at radius 2 is 1.76 bits per heavy atom. The van der Waals surface area contributed by atoms with Crippen LogP contribution in [0.5, 0.6) is 0 Å². The van der Waals surface area contributed by atoms with E-state index in [1.54, 1.807) is 6.92 Å². The molecule has 4 nitrogen and oxygen atoms in total. The summed E-state index contributed by atoms with van der Waals surface area (Å²) in [5.41, 5.74) is 4.97. The molecule has 0 aromatic rings. The van der Waals surface area contributed by atoms with Crippen molar-refractivity contribution in [2.24, 2.45) is 5.73 Å². The molecule has 0 amide bonds. The van der Waals surface area contributed by atoms with Crippen molar-refractivity contribution in [1.82, 2.24) is 0 Å². The third kappa shape index (κ3) is 8.16. The topological polar surface area (TPSA) is 61.5 Å². The summed E-state index contributed by atoms with van der Waals surface area (Å²) in [6.45, 7) is 5.47. The van der Waals surface area contributed by atoms with E-state index in [1.807, 2.05) is 0 Å². The molecule has 0 spiro atoms. The van der Waals surface area contributed by atoms with Crippen molar-refractivity contribution in [3.8, 4) is 0 Å². The minimum Gasteiger partial charge on any atom is -0.468 e. The predicted octanol–water partition coefficient (Wildman–Crippen LogP) is 2.25. The van der Waals surface area contributed by atoms with Crippen LogP contribution in [-0.2, 0) is 14.3 Å². The maximum absolute atomic E-state index is 11.3. The van der Waals surface area contributed by atoms with E-state index in [4.69, 9.17) is 10.5 Å². The molecule has 1 unspecified atom stereocenters. The van der Waals surface area contributed by atoms with Gasteiger partial charge in [-0.05, 0) is 32.6 Å². The molecule has 0 fully saturated rings. The second kappa shape index (κ2) is 9.42. The summed E-state index contributed by atoms with van der Waals surface area (Å²) in [6.07, 6.45) is 6.04. The van der Waals surface area contributed by atoms with E-state index >= 15 is 0 Å². The zero-order valence-corrected chi connectivity index (χ0v) is 11.5. The van der Waals surface area contributed by atoms with Gasteiger partial charge < -0.3 is 15.2 Å². The Morgan fingerprint density at radius 1 is 1.18 bits per heavy atom. The highest BCUT2D eigenvalue weighted by molar-refractivity contribution is 5.79. The summed E-state index contributed by atoms with van der Waals surface area (Å²) < 4.78 is 10.1. The first-order chi connectivity index (χ1) is 8.04. The van der Waals surface area contributed by atoms with Crippen LogP contribution in [0.1, 0.15) is 52.4 Å². The lowest BCUT2D eigenvalue weighted by Crippen LogP contribution is -2.45. The van der Waals surface area contributed by atoms with Crippen molar-refractivity contribution in [2.45, 2.75) is 57.9 Å². The van der Waals surface area contributed by atoms with Gasteiger partial charge in [0.1, 0.15) is 5.54 Å². The molecule has 0 bridgehead atoms. The monoisotopic (exact) mass is 245 g/mol. The van der Waals surface area contributed by atoms with E-state index in [-0.39, 0.29) is 5.97 Å². The molecular weight excluding hydrogens is 218 g/mol. The molecule has 0 aromatic heterocycles. The van der Waals surface area contributed by atoms with Gasteiger partial charge in [0.15, 0.2) is 0 Å². The van der Waals surface area contributed by atoms with Crippen LogP contribution in [0.3, 0.4) is 0 Å². The second-order valence-corrected chi connectivity index (χ2v) is 4.69. The molecule has 0 radical (unpaired) electrons. The summed E-state index contributed by atoms with van der Waals surface area (Å²) in [5.74, 6) is -0.346. The average molecular weight is 245 g/mol. The number of carbonyl (C=O) groups is 1. The van der Waals surface area contributed by atoms with Gasteiger partial charge in [-0.25, -0.2) is 0 Å². The molecular formula is C13H27NO3. The van der Waals surface area contributed by atoms with Gasteiger partial charge in [0.25, 0.3) is 0 Å². The number of hydrogen-bond acceptors (Lipinski definition) is 4. The number of esters is 1. The molecule has 1 atom stereocenters. The number of rotatable bonds is 10. The van der Waals surface area contributed by atoms with Crippen LogP contribution in [0.25, 0.3) is 0 Å². The average Bonchev–Trinajstić information content (AvgIpc) is 2.31. The third-order valence-electron chi connectivity index (χ3n) is 2.78. The summed E-state index contributed by atoms with van der Waals surface area (Å²) in [6, 6.07) is 0.